The van der Waals surface area contributed by atoms with Crippen LogP contribution in [0.4, 0.5) is 4.79 Å². The molecular formula is C36H44N8O4. The molecule has 0 unspecified atom stereocenters. The number of hydrogen-bond acceptors (Lipinski definition) is 7. The Labute approximate surface area is 280 Å². The summed E-state index contributed by atoms with van der Waals surface area (Å²) in [5.41, 5.74) is 11.1. The Morgan fingerprint density at radius 3 is 2.38 bits per heavy atom. The molecule has 0 aliphatic carbocycles. The minimum Gasteiger partial charge on any atom is -0.453 e. The predicted molar refractivity (Wildman–Crippen MR) is 183 cm³/mol. The molecule has 48 heavy (non-hydrogen) atoms. The van der Waals surface area contributed by atoms with Gasteiger partial charge in [-0.1, -0.05) is 51.7 Å². The molecule has 12 heteroatoms. The van der Waals surface area contributed by atoms with E-state index in [1.807, 2.05) is 77.1 Å². The zero-order valence-corrected chi connectivity index (χ0v) is 28.3. The lowest BCUT2D eigenvalue weighted by Crippen LogP contribution is -2.51. The zero-order chi connectivity index (χ0) is 34.5. The largest absolute Gasteiger partial charge is 0.453 e. The summed E-state index contributed by atoms with van der Waals surface area (Å²) in [5.74, 6) is 7.43. The monoisotopic (exact) mass is 652 g/mol. The van der Waals surface area contributed by atoms with Crippen molar-refractivity contribution in [2.45, 2.75) is 71.6 Å². The van der Waals surface area contributed by atoms with Gasteiger partial charge in [-0.3, -0.25) is 9.59 Å². The smallest absolute Gasteiger partial charge is 0.407 e. The van der Waals surface area contributed by atoms with Gasteiger partial charge in [-0.25, -0.2) is 14.8 Å². The summed E-state index contributed by atoms with van der Waals surface area (Å²) in [6.45, 7) is 10.1. The Bertz CT molecular complexity index is 1830. The van der Waals surface area contributed by atoms with E-state index in [9.17, 15) is 14.4 Å². The van der Waals surface area contributed by atoms with Crippen LogP contribution in [0.1, 0.15) is 82.3 Å². The molecule has 12 nitrogen and oxygen atoms in total. The number of nitrogens with one attached hydrogen (secondary N) is 4. The summed E-state index contributed by atoms with van der Waals surface area (Å²) in [6.07, 6.45) is 2.74. The first kappa shape index (κ1) is 34.2. The predicted octanol–water partition coefficient (Wildman–Crippen LogP) is 4.56. The number of nitrogens with two attached hydrogens (primary N) is 1. The second-order valence-electron chi connectivity index (χ2n) is 12.9. The van der Waals surface area contributed by atoms with E-state index in [2.05, 4.69) is 37.4 Å². The van der Waals surface area contributed by atoms with Gasteiger partial charge in [-0.15, -0.1) is 0 Å². The van der Waals surface area contributed by atoms with Gasteiger partial charge in [-0.2, -0.15) is 0 Å². The summed E-state index contributed by atoms with van der Waals surface area (Å²) < 4.78 is 4.74. The van der Waals surface area contributed by atoms with Crippen molar-refractivity contribution in [2.75, 3.05) is 13.7 Å². The van der Waals surface area contributed by atoms with Crippen molar-refractivity contribution in [3.63, 3.8) is 0 Å². The third-order valence-corrected chi connectivity index (χ3v) is 8.68. The molecule has 3 amide bonds. The second-order valence-corrected chi connectivity index (χ2v) is 12.9. The first-order chi connectivity index (χ1) is 22.9. The molecule has 0 radical (unpaired) electrons. The number of methoxy groups -OCH3 is 1. The first-order valence-corrected chi connectivity index (χ1v) is 16.3. The highest BCUT2D eigenvalue weighted by molar-refractivity contribution is 5.86. The van der Waals surface area contributed by atoms with E-state index in [0.29, 0.717) is 12.4 Å². The highest BCUT2D eigenvalue weighted by Crippen LogP contribution is 2.33. The van der Waals surface area contributed by atoms with Crippen molar-refractivity contribution in [1.82, 2.24) is 35.5 Å². The molecule has 1 aliphatic heterocycles. The molecule has 1 saturated heterocycles. The van der Waals surface area contributed by atoms with E-state index >= 15 is 0 Å². The molecule has 252 valence electrons. The minimum absolute atomic E-state index is 0.0432. The average Bonchev–Trinajstić information content (AvgIpc) is 3.85. The van der Waals surface area contributed by atoms with Gasteiger partial charge in [0, 0.05) is 17.7 Å². The maximum absolute atomic E-state index is 13.5. The summed E-state index contributed by atoms with van der Waals surface area (Å²) in [6, 6.07) is 11.9. The van der Waals surface area contributed by atoms with E-state index in [1.54, 1.807) is 11.1 Å². The quantitative estimate of drug-likeness (QED) is 0.165. The normalized spacial score (nSPS) is 16.4. The Morgan fingerprint density at radius 2 is 1.69 bits per heavy atom. The molecule has 4 atom stereocenters. The lowest BCUT2D eigenvalue weighted by Gasteiger charge is -2.29. The standard InChI is InChI=1S/C36H44N8O4/c1-20(2)30(37)34(45)39-22(5)32-38-19-28(42-32)25-14-11-23(12-15-25)9-10-24-13-16-26-27(18-24)41-33(40-26)29-8-7-17-44(29)35(46)31(21(3)4)43-36(47)48-6/h11-16,18-22,29-31H,7-8,17,37H2,1-6H3,(H,38,42)(H,39,45)(H,40,41)(H,43,47)/t22-,29-,30-,31-/m0/s1. The van der Waals surface area contributed by atoms with Gasteiger partial charge in [0.15, 0.2) is 0 Å². The van der Waals surface area contributed by atoms with Crippen LogP contribution in [0.25, 0.3) is 22.3 Å². The van der Waals surface area contributed by atoms with E-state index in [4.69, 9.17) is 15.5 Å². The van der Waals surface area contributed by atoms with Crippen LogP contribution < -0.4 is 16.4 Å². The number of alkyl carbamates (subject to hydrolysis) is 1. The Balaban J connectivity index is 1.25. The van der Waals surface area contributed by atoms with Crippen molar-refractivity contribution in [3.05, 3.63) is 71.4 Å². The van der Waals surface area contributed by atoms with Crippen LogP contribution in [-0.2, 0) is 14.3 Å². The number of likely N-dealkylation sites (tertiary alicyclic amines) is 1. The number of fused-ring (bicyclic) bond motifs is 1. The highest BCUT2D eigenvalue weighted by atomic mass is 16.5. The number of aromatic nitrogens is 4. The Hall–Kier alpha value is -5.15. The van der Waals surface area contributed by atoms with Crippen LogP contribution in [0.3, 0.4) is 0 Å². The SMILES string of the molecule is COC(=O)N[C@H](C(=O)N1CCC[C@H]1c1nc2ccc(C#Cc3ccc(-c4cnc([C@H](C)NC(=O)[C@@H](N)C(C)C)[nH]4)cc3)cc2[nH]1)C(C)C. The fourth-order valence-electron chi connectivity index (χ4n) is 5.72. The number of aromatic amines is 2. The topological polar surface area (TPSA) is 171 Å². The maximum atomic E-state index is 13.5. The number of benzene rings is 2. The van der Waals surface area contributed by atoms with Crippen LogP contribution >= 0.6 is 0 Å². The van der Waals surface area contributed by atoms with Crippen LogP contribution in [0.2, 0.25) is 0 Å². The number of carbonyl (C=O) groups is 3. The average molecular weight is 653 g/mol. The molecule has 2 aromatic heterocycles. The van der Waals surface area contributed by atoms with Gasteiger partial charge in [-0.05, 0) is 67.5 Å². The van der Waals surface area contributed by atoms with Crippen LogP contribution in [0.15, 0.2) is 48.7 Å². The molecule has 0 bridgehead atoms. The number of imidazole rings is 2. The van der Waals surface area contributed by atoms with E-state index < -0.39 is 18.2 Å². The fraction of sp³-hybridized carbons (Fsp3) is 0.417. The summed E-state index contributed by atoms with van der Waals surface area (Å²) in [7, 11) is 1.29. The molecule has 1 aliphatic rings. The van der Waals surface area contributed by atoms with Gasteiger partial charge >= 0.3 is 6.09 Å². The van der Waals surface area contributed by atoms with Crippen molar-refractivity contribution in [1.29, 1.82) is 0 Å². The number of carbonyl (C=O) groups excluding carboxylic acids is 3. The summed E-state index contributed by atoms with van der Waals surface area (Å²) >= 11 is 0. The van der Waals surface area contributed by atoms with Crippen LogP contribution in [0, 0.1) is 23.7 Å². The van der Waals surface area contributed by atoms with Crippen molar-refractivity contribution < 1.29 is 19.1 Å². The molecule has 3 heterocycles. The Morgan fingerprint density at radius 1 is 0.979 bits per heavy atom. The molecule has 2 aromatic carbocycles. The number of H-pyrrole nitrogens is 2. The first-order valence-electron chi connectivity index (χ1n) is 16.3. The van der Waals surface area contributed by atoms with Gasteiger partial charge in [0.05, 0.1) is 48.2 Å². The third kappa shape index (κ3) is 7.69. The molecule has 1 fully saturated rings. The minimum atomic E-state index is -0.687. The molecule has 6 N–H and O–H groups in total. The van der Waals surface area contributed by atoms with Crippen molar-refractivity contribution >= 4 is 28.9 Å². The number of rotatable bonds is 9. The molecule has 4 aromatic rings. The van der Waals surface area contributed by atoms with Crippen LogP contribution in [-0.4, -0.2) is 68.5 Å². The van der Waals surface area contributed by atoms with Gasteiger partial charge < -0.3 is 36.0 Å². The highest BCUT2D eigenvalue weighted by Gasteiger charge is 2.37. The fourth-order valence-corrected chi connectivity index (χ4v) is 5.72. The third-order valence-electron chi connectivity index (χ3n) is 8.68. The summed E-state index contributed by atoms with van der Waals surface area (Å²) in [5, 5.41) is 5.60. The Kier molecular flexibility index (Phi) is 10.5. The zero-order valence-electron chi connectivity index (χ0n) is 28.3. The number of ether oxygens (including phenoxy) is 1. The number of hydrogen-bond donors (Lipinski definition) is 5. The van der Waals surface area contributed by atoms with E-state index in [1.165, 1.54) is 7.11 Å². The molecule has 0 saturated carbocycles. The number of nitrogens with zero attached hydrogens (tertiary/aromatic N) is 3. The van der Waals surface area contributed by atoms with E-state index in [0.717, 1.165) is 52.1 Å². The summed E-state index contributed by atoms with van der Waals surface area (Å²) in [4.78, 5) is 55.5. The van der Waals surface area contributed by atoms with Crippen molar-refractivity contribution in [2.24, 2.45) is 17.6 Å². The van der Waals surface area contributed by atoms with Gasteiger partial charge in [0.2, 0.25) is 11.8 Å². The number of amides is 3. The second kappa shape index (κ2) is 14.7. The molecular weight excluding hydrogens is 608 g/mol. The molecule has 5 rings (SSSR count). The van der Waals surface area contributed by atoms with E-state index in [-0.39, 0.29) is 35.7 Å². The lowest BCUT2D eigenvalue weighted by atomic mass is 10.0. The molecule has 0 spiro atoms. The van der Waals surface area contributed by atoms with Gasteiger partial charge in [0.1, 0.15) is 17.7 Å². The lowest BCUT2D eigenvalue weighted by molar-refractivity contribution is -0.135. The van der Waals surface area contributed by atoms with Gasteiger partial charge in [0.25, 0.3) is 0 Å². The maximum Gasteiger partial charge on any atom is 0.407 e. The van der Waals surface area contributed by atoms with Crippen LogP contribution in [0.5, 0.6) is 0 Å². The van der Waals surface area contributed by atoms with Crippen molar-refractivity contribution in [3.8, 4) is 23.1 Å².